The van der Waals surface area contributed by atoms with Crippen LogP contribution >= 0.6 is 11.8 Å². The number of rotatable bonds is 5. The summed E-state index contributed by atoms with van der Waals surface area (Å²) < 4.78 is 0. The van der Waals surface area contributed by atoms with E-state index in [1.807, 2.05) is 6.26 Å². The highest BCUT2D eigenvalue weighted by atomic mass is 32.2. The number of aryl methyl sites for hydroxylation is 1. The third-order valence-electron chi connectivity index (χ3n) is 2.99. The van der Waals surface area contributed by atoms with Gasteiger partial charge in [0.1, 0.15) is 5.82 Å². The normalized spacial score (nSPS) is 16.2. The average Bonchev–Trinajstić information content (AvgIpc) is 2.70. The van der Waals surface area contributed by atoms with Crippen molar-refractivity contribution in [1.29, 1.82) is 0 Å². The highest BCUT2D eigenvalue weighted by molar-refractivity contribution is 7.98. The molecule has 0 saturated heterocycles. The van der Waals surface area contributed by atoms with E-state index >= 15 is 0 Å². The first-order valence-electron chi connectivity index (χ1n) is 6.61. The number of nitrogens with one attached hydrogen (secondary N) is 2. The summed E-state index contributed by atoms with van der Waals surface area (Å²) in [7, 11) is 0. The van der Waals surface area contributed by atoms with Crippen molar-refractivity contribution in [3.05, 3.63) is 5.82 Å². The quantitative estimate of drug-likeness (QED) is 0.633. The summed E-state index contributed by atoms with van der Waals surface area (Å²) in [5.41, 5.74) is 0. The predicted molar refractivity (Wildman–Crippen MR) is 75.3 cm³/mol. The summed E-state index contributed by atoms with van der Waals surface area (Å²) in [6.07, 6.45) is 8.91. The second kappa shape index (κ2) is 7.41. The van der Waals surface area contributed by atoms with Gasteiger partial charge in [0.05, 0.1) is 5.84 Å². The van der Waals surface area contributed by atoms with E-state index in [0.29, 0.717) is 0 Å². The summed E-state index contributed by atoms with van der Waals surface area (Å²) in [5.74, 6) is 2.17. The molecule has 100 valence electrons. The van der Waals surface area contributed by atoms with Gasteiger partial charge in [0.15, 0.2) is 0 Å². The van der Waals surface area contributed by atoms with E-state index in [9.17, 15) is 0 Å². The maximum Gasteiger partial charge on any atom is 0.208 e. The number of amidine groups is 1. The lowest BCUT2D eigenvalue weighted by Crippen LogP contribution is -2.24. The second-order valence-electron chi connectivity index (χ2n) is 4.44. The van der Waals surface area contributed by atoms with Crippen molar-refractivity contribution < 1.29 is 0 Å². The molecule has 0 unspecified atom stereocenters. The number of nitrogens with zero attached hydrogens (tertiary/aromatic N) is 3. The number of hydrogen-bond acceptors (Lipinski definition) is 5. The van der Waals surface area contributed by atoms with Gasteiger partial charge in [-0.2, -0.15) is 0 Å². The van der Waals surface area contributed by atoms with Crippen molar-refractivity contribution in [2.24, 2.45) is 4.99 Å². The third-order valence-corrected chi connectivity index (χ3v) is 3.54. The molecule has 2 N–H and O–H groups in total. The van der Waals surface area contributed by atoms with E-state index < -0.39 is 0 Å². The minimum Gasteiger partial charge on any atom is -0.374 e. The molecule has 0 fully saturated rings. The van der Waals surface area contributed by atoms with Crippen LogP contribution in [0, 0.1) is 0 Å². The summed E-state index contributed by atoms with van der Waals surface area (Å²) in [5, 5.41) is 11.3. The van der Waals surface area contributed by atoms with Crippen LogP contribution in [0.4, 0.5) is 0 Å². The van der Waals surface area contributed by atoms with Gasteiger partial charge in [0, 0.05) is 25.9 Å². The molecule has 5 nitrogen and oxygen atoms in total. The molecular formula is C12H21N5S. The van der Waals surface area contributed by atoms with Crippen LogP contribution in [-0.4, -0.2) is 40.4 Å². The molecule has 0 bridgehead atoms. The number of thioether (sulfide) groups is 1. The molecule has 0 aromatic carbocycles. The fourth-order valence-electron chi connectivity index (χ4n) is 1.99. The first kappa shape index (κ1) is 13.4. The fraction of sp³-hybridized carbons (Fsp3) is 0.750. The molecule has 0 aliphatic carbocycles. The van der Waals surface area contributed by atoms with Gasteiger partial charge >= 0.3 is 0 Å². The monoisotopic (exact) mass is 267 g/mol. The van der Waals surface area contributed by atoms with Crippen LogP contribution in [0.2, 0.25) is 0 Å². The second-order valence-corrected chi connectivity index (χ2v) is 5.21. The Kier molecular flexibility index (Phi) is 5.51. The topological polar surface area (TPSA) is 66.0 Å². The van der Waals surface area contributed by atoms with E-state index in [-0.39, 0.29) is 0 Å². The van der Waals surface area contributed by atoms with Crippen molar-refractivity contribution >= 4 is 17.6 Å². The Bertz CT molecular complexity index is 388. The van der Waals surface area contributed by atoms with Gasteiger partial charge in [-0.3, -0.25) is 10.1 Å². The number of aromatic nitrogens is 3. The number of H-pyrrole nitrogens is 1. The molecule has 0 saturated carbocycles. The number of aliphatic imine (C=N–C) groups is 1. The smallest absolute Gasteiger partial charge is 0.208 e. The zero-order valence-electron chi connectivity index (χ0n) is 10.9. The summed E-state index contributed by atoms with van der Waals surface area (Å²) in [4.78, 5) is 8.92. The highest BCUT2D eigenvalue weighted by Gasteiger charge is 2.04. The van der Waals surface area contributed by atoms with E-state index in [1.165, 1.54) is 25.1 Å². The molecule has 0 atom stereocenters. The molecule has 1 aromatic heterocycles. The molecule has 18 heavy (non-hydrogen) atoms. The van der Waals surface area contributed by atoms with Crippen molar-refractivity contribution in [1.82, 2.24) is 20.5 Å². The Labute approximate surface area is 112 Å². The average molecular weight is 267 g/mol. The van der Waals surface area contributed by atoms with Gasteiger partial charge < -0.3 is 5.32 Å². The molecule has 1 aromatic rings. The van der Waals surface area contributed by atoms with Crippen molar-refractivity contribution in [2.75, 3.05) is 19.3 Å². The van der Waals surface area contributed by atoms with Crippen molar-refractivity contribution in [3.63, 3.8) is 0 Å². The van der Waals surface area contributed by atoms with Crippen LogP contribution in [0.1, 0.15) is 37.9 Å². The number of aromatic amines is 1. The summed E-state index contributed by atoms with van der Waals surface area (Å²) >= 11 is 1.57. The Morgan fingerprint density at radius 1 is 1.33 bits per heavy atom. The van der Waals surface area contributed by atoms with E-state index in [1.54, 1.807) is 11.8 Å². The zero-order valence-corrected chi connectivity index (χ0v) is 11.7. The van der Waals surface area contributed by atoms with Gasteiger partial charge in [-0.1, -0.05) is 18.2 Å². The van der Waals surface area contributed by atoms with Crippen LogP contribution in [0.3, 0.4) is 0 Å². The zero-order chi connectivity index (χ0) is 12.6. The molecule has 0 radical (unpaired) electrons. The van der Waals surface area contributed by atoms with Gasteiger partial charge in [-0.15, -0.1) is 5.10 Å². The van der Waals surface area contributed by atoms with Crippen LogP contribution in [0.5, 0.6) is 0 Å². The Balaban J connectivity index is 1.64. The molecule has 2 rings (SSSR count). The van der Waals surface area contributed by atoms with Crippen LogP contribution in [-0.2, 0) is 6.42 Å². The Hall–Kier alpha value is -1.04. The maximum atomic E-state index is 4.55. The van der Waals surface area contributed by atoms with Gasteiger partial charge in [0.25, 0.3) is 0 Å². The van der Waals surface area contributed by atoms with E-state index in [4.69, 9.17) is 0 Å². The highest BCUT2D eigenvalue weighted by Crippen LogP contribution is 2.08. The van der Waals surface area contributed by atoms with E-state index in [0.717, 1.165) is 43.3 Å². The largest absolute Gasteiger partial charge is 0.374 e. The summed E-state index contributed by atoms with van der Waals surface area (Å²) in [6, 6.07) is 0. The standard InChI is InChI=1S/C12H21N5S/c1-18-12-15-11(16-17-12)7-5-9-14-10-6-3-2-4-8-13-10/h2-9H2,1H3,(H,13,14)(H,15,16,17). The third kappa shape index (κ3) is 4.33. The molecule has 0 spiro atoms. The Morgan fingerprint density at radius 3 is 3.11 bits per heavy atom. The lowest BCUT2D eigenvalue weighted by molar-refractivity contribution is 0.717. The number of hydrogen-bond donors (Lipinski definition) is 2. The van der Waals surface area contributed by atoms with Crippen LogP contribution < -0.4 is 5.32 Å². The van der Waals surface area contributed by atoms with Crippen LogP contribution in [0.15, 0.2) is 10.1 Å². The SMILES string of the molecule is CSc1n[nH]c(CCCNC2=NCCCCC2)n1. The maximum absolute atomic E-state index is 4.55. The molecular weight excluding hydrogens is 246 g/mol. The first-order chi connectivity index (χ1) is 8.88. The van der Waals surface area contributed by atoms with E-state index in [2.05, 4.69) is 25.5 Å². The lowest BCUT2D eigenvalue weighted by Gasteiger charge is -2.07. The molecule has 1 aliphatic heterocycles. The first-order valence-corrected chi connectivity index (χ1v) is 7.83. The van der Waals surface area contributed by atoms with Gasteiger partial charge in [-0.25, -0.2) is 4.98 Å². The fourth-order valence-corrected chi connectivity index (χ4v) is 2.33. The Morgan fingerprint density at radius 2 is 2.28 bits per heavy atom. The molecule has 2 heterocycles. The minimum atomic E-state index is 0.825. The summed E-state index contributed by atoms with van der Waals surface area (Å²) in [6.45, 7) is 1.95. The molecule has 1 aliphatic rings. The molecule has 0 amide bonds. The van der Waals surface area contributed by atoms with Gasteiger partial charge in [-0.05, 0) is 25.5 Å². The van der Waals surface area contributed by atoms with Crippen molar-refractivity contribution in [2.45, 2.75) is 43.7 Å². The predicted octanol–water partition coefficient (Wildman–Crippen LogP) is 2.02. The van der Waals surface area contributed by atoms with Gasteiger partial charge in [0.2, 0.25) is 5.16 Å². The lowest BCUT2D eigenvalue weighted by atomic mass is 10.2. The van der Waals surface area contributed by atoms with Crippen molar-refractivity contribution in [3.8, 4) is 0 Å². The minimum absolute atomic E-state index is 0.825. The van der Waals surface area contributed by atoms with Crippen LogP contribution in [0.25, 0.3) is 0 Å². The molecule has 6 heteroatoms.